The Balaban J connectivity index is 2.53. The Kier molecular flexibility index (Phi) is 3.10. The van der Waals surface area contributed by atoms with Crippen LogP contribution in [-0.2, 0) is 7.05 Å². The van der Waals surface area contributed by atoms with Gasteiger partial charge in [-0.25, -0.2) is 0 Å². The Hall–Kier alpha value is -2.97. The fourth-order valence-electron chi connectivity index (χ4n) is 1.62. The lowest BCUT2D eigenvalue weighted by molar-refractivity contribution is -0.393. The predicted octanol–water partition coefficient (Wildman–Crippen LogP) is 1.98. The Morgan fingerprint density at radius 2 is 1.79 bits per heavy atom. The van der Waals surface area contributed by atoms with Crippen molar-refractivity contribution in [3.63, 3.8) is 0 Å². The van der Waals surface area contributed by atoms with E-state index < -0.39 is 21.5 Å². The zero-order valence-electron chi connectivity index (χ0n) is 9.81. The van der Waals surface area contributed by atoms with Gasteiger partial charge in [0.05, 0.1) is 0 Å². The van der Waals surface area contributed by atoms with Gasteiger partial charge in [-0.2, -0.15) is 0 Å². The van der Waals surface area contributed by atoms with Crippen molar-refractivity contribution < 1.29 is 9.85 Å². The second-order valence-corrected chi connectivity index (χ2v) is 3.65. The lowest BCUT2D eigenvalue weighted by atomic mass is 10.3. The van der Waals surface area contributed by atoms with Crippen molar-refractivity contribution in [2.75, 3.05) is 5.32 Å². The Morgan fingerprint density at radius 1 is 1.16 bits per heavy atom. The standard InChI is InChI=1S/C10H9N5O4/c1-13-10(15(18)19)8(9(12-13)14(16)17)11-7-5-3-2-4-6-7/h2-6,11H,1H3. The quantitative estimate of drug-likeness (QED) is 0.665. The van der Waals surface area contributed by atoms with Gasteiger partial charge in [-0.3, -0.25) is 0 Å². The van der Waals surface area contributed by atoms with Crippen LogP contribution in [0.5, 0.6) is 0 Å². The molecule has 0 aliphatic carbocycles. The summed E-state index contributed by atoms with van der Waals surface area (Å²) in [6, 6.07) is 8.45. The molecular weight excluding hydrogens is 254 g/mol. The third-order valence-corrected chi connectivity index (χ3v) is 2.39. The zero-order chi connectivity index (χ0) is 14.0. The maximum atomic E-state index is 11.0. The molecule has 9 nitrogen and oxygen atoms in total. The summed E-state index contributed by atoms with van der Waals surface area (Å²) in [6.45, 7) is 0. The number of benzene rings is 1. The topological polar surface area (TPSA) is 116 Å². The highest BCUT2D eigenvalue weighted by molar-refractivity contribution is 5.75. The highest BCUT2D eigenvalue weighted by Gasteiger charge is 2.35. The molecule has 0 amide bonds. The van der Waals surface area contributed by atoms with Gasteiger partial charge in [0, 0.05) is 5.69 Å². The first kappa shape index (κ1) is 12.5. The molecule has 1 heterocycles. The number of aryl methyl sites for hydroxylation is 1. The number of nitrogens with one attached hydrogen (secondary N) is 1. The van der Waals surface area contributed by atoms with Gasteiger partial charge < -0.3 is 25.5 Å². The number of aromatic nitrogens is 2. The molecule has 2 rings (SSSR count). The molecule has 0 bridgehead atoms. The summed E-state index contributed by atoms with van der Waals surface area (Å²) in [5.41, 5.74) is 0.269. The van der Waals surface area contributed by atoms with Crippen molar-refractivity contribution in [3.05, 3.63) is 50.6 Å². The highest BCUT2D eigenvalue weighted by Crippen LogP contribution is 2.35. The summed E-state index contributed by atoms with van der Waals surface area (Å²) in [5.74, 6) is -1.05. The van der Waals surface area contributed by atoms with Gasteiger partial charge in [-0.05, 0) is 26.7 Å². The molecule has 0 aliphatic rings. The number of nitro groups is 2. The first-order valence-corrected chi connectivity index (χ1v) is 5.18. The Morgan fingerprint density at radius 3 is 2.32 bits per heavy atom. The summed E-state index contributed by atoms with van der Waals surface area (Å²) < 4.78 is 0.864. The average molecular weight is 263 g/mol. The molecular formula is C10H9N5O4. The number of rotatable bonds is 4. The fourth-order valence-corrected chi connectivity index (χ4v) is 1.62. The van der Waals surface area contributed by atoms with Gasteiger partial charge in [0.25, 0.3) is 0 Å². The maximum Gasteiger partial charge on any atom is 0.444 e. The van der Waals surface area contributed by atoms with Crippen LogP contribution < -0.4 is 5.32 Å². The van der Waals surface area contributed by atoms with Crippen LogP contribution in [0, 0.1) is 20.2 Å². The Bertz CT molecular complexity index is 637. The van der Waals surface area contributed by atoms with E-state index in [2.05, 4.69) is 10.4 Å². The van der Waals surface area contributed by atoms with Crippen LogP contribution in [0.3, 0.4) is 0 Å². The van der Waals surface area contributed by atoms with E-state index in [-0.39, 0.29) is 5.69 Å². The molecule has 98 valence electrons. The third-order valence-electron chi connectivity index (χ3n) is 2.39. The summed E-state index contributed by atoms with van der Waals surface area (Å²) >= 11 is 0. The van der Waals surface area contributed by atoms with Crippen molar-refractivity contribution in [1.29, 1.82) is 0 Å². The molecule has 19 heavy (non-hydrogen) atoms. The average Bonchev–Trinajstić information content (AvgIpc) is 2.67. The van der Waals surface area contributed by atoms with E-state index in [0.29, 0.717) is 5.69 Å². The highest BCUT2D eigenvalue weighted by atomic mass is 16.6. The second kappa shape index (κ2) is 4.72. The molecule has 0 spiro atoms. The summed E-state index contributed by atoms with van der Waals surface area (Å²) in [7, 11) is 1.28. The van der Waals surface area contributed by atoms with E-state index in [1.807, 2.05) is 0 Å². The summed E-state index contributed by atoms with van der Waals surface area (Å²) in [4.78, 5) is 20.3. The number of hydrogen-bond acceptors (Lipinski definition) is 6. The molecule has 1 aromatic heterocycles. The van der Waals surface area contributed by atoms with Crippen molar-refractivity contribution in [2.45, 2.75) is 0 Å². The van der Waals surface area contributed by atoms with Crippen molar-refractivity contribution in [2.24, 2.45) is 7.05 Å². The number of para-hydroxylation sites is 1. The second-order valence-electron chi connectivity index (χ2n) is 3.65. The van der Waals surface area contributed by atoms with Crippen LogP contribution in [0.2, 0.25) is 0 Å². The van der Waals surface area contributed by atoms with Crippen LogP contribution in [0.15, 0.2) is 30.3 Å². The fraction of sp³-hybridized carbons (Fsp3) is 0.100. The van der Waals surface area contributed by atoms with Gasteiger partial charge in [-0.15, -0.1) is 0 Å². The maximum absolute atomic E-state index is 11.0. The molecule has 0 saturated heterocycles. The molecule has 0 fully saturated rings. The predicted molar refractivity (Wildman–Crippen MR) is 66.2 cm³/mol. The van der Waals surface area contributed by atoms with E-state index >= 15 is 0 Å². The van der Waals surface area contributed by atoms with Gasteiger partial charge in [0.1, 0.15) is 7.05 Å². The normalized spacial score (nSPS) is 10.2. The SMILES string of the molecule is Cn1nc([N+](=O)[O-])c(Nc2ccccc2)c1[N+](=O)[O-]. The van der Waals surface area contributed by atoms with Crippen molar-refractivity contribution >= 4 is 23.0 Å². The van der Waals surface area contributed by atoms with Crippen LogP contribution in [-0.4, -0.2) is 19.6 Å². The van der Waals surface area contributed by atoms with Crippen LogP contribution in [0.4, 0.5) is 23.0 Å². The van der Waals surface area contributed by atoms with E-state index in [0.717, 1.165) is 4.68 Å². The number of anilines is 2. The lowest BCUT2D eigenvalue weighted by Gasteiger charge is -2.03. The van der Waals surface area contributed by atoms with Gasteiger partial charge in [-0.1, -0.05) is 18.2 Å². The largest absolute Gasteiger partial charge is 0.444 e. The van der Waals surface area contributed by atoms with E-state index in [1.165, 1.54) is 7.05 Å². The monoisotopic (exact) mass is 263 g/mol. The first-order chi connectivity index (χ1) is 9.00. The summed E-state index contributed by atoms with van der Waals surface area (Å²) in [6.07, 6.45) is 0. The molecule has 0 unspecified atom stereocenters. The van der Waals surface area contributed by atoms with E-state index in [1.54, 1.807) is 30.3 Å². The molecule has 0 radical (unpaired) electrons. The van der Waals surface area contributed by atoms with Gasteiger partial charge in [0.15, 0.2) is 5.10 Å². The molecule has 0 saturated carbocycles. The molecule has 2 aromatic rings. The first-order valence-electron chi connectivity index (χ1n) is 5.18. The van der Waals surface area contributed by atoms with Gasteiger partial charge >= 0.3 is 11.6 Å². The third kappa shape index (κ3) is 2.34. The number of hydrogen-bond donors (Lipinski definition) is 1. The smallest absolute Gasteiger partial charge is 0.358 e. The van der Waals surface area contributed by atoms with Crippen LogP contribution in [0.1, 0.15) is 0 Å². The van der Waals surface area contributed by atoms with E-state index in [4.69, 9.17) is 0 Å². The Labute approximate surface area is 106 Å². The van der Waals surface area contributed by atoms with Crippen LogP contribution >= 0.6 is 0 Å². The minimum Gasteiger partial charge on any atom is -0.358 e. The molecule has 1 N–H and O–H groups in total. The summed E-state index contributed by atoms with van der Waals surface area (Å²) in [5, 5.41) is 28.0. The van der Waals surface area contributed by atoms with E-state index in [9.17, 15) is 20.2 Å². The number of nitrogens with zero attached hydrogens (tertiary/aromatic N) is 4. The minimum absolute atomic E-state index is 0.233. The van der Waals surface area contributed by atoms with Gasteiger partial charge in [0.2, 0.25) is 5.69 Å². The van der Waals surface area contributed by atoms with Crippen molar-refractivity contribution in [3.8, 4) is 0 Å². The van der Waals surface area contributed by atoms with Crippen molar-refractivity contribution in [1.82, 2.24) is 9.78 Å². The molecule has 9 heteroatoms. The minimum atomic E-state index is -0.766. The molecule has 0 aliphatic heterocycles. The molecule has 0 atom stereocenters. The zero-order valence-corrected chi connectivity index (χ0v) is 9.81. The van der Waals surface area contributed by atoms with Crippen LogP contribution in [0.25, 0.3) is 0 Å². The lowest BCUT2D eigenvalue weighted by Crippen LogP contribution is -2.00. The molecule has 1 aromatic carbocycles.